The number of amides is 1. The molecule has 1 aliphatic heterocycles. The van der Waals surface area contributed by atoms with Gasteiger partial charge in [-0.25, -0.2) is 0 Å². The molecule has 5 heteroatoms. The quantitative estimate of drug-likeness (QED) is 0.598. The fourth-order valence-electron chi connectivity index (χ4n) is 2.77. The van der Waals surface area contributed by atoms with E-state index in [0.29, 0.717) is 18.1 Å². The summed E-state index contributed by atoms with van der Waals surface area (Å²) in [4.78, 5) is 14.3. The molecule has 5 nitrogen and oxygen atoms in total. The minimum atomic E-state index is -0.116. The number of benzene rings is 2. The number of hydrogen-bond donors (Lipinski definition) is 3. The van der Waals surface area contributed by atoms with Gasteiger partial charge in [-0.05, 0) is 36.6 Å². The number of likely N-dealkylation sites (tertiary alicyclic amines) is 1. The Labute approximate surface area is 142 Å². The molecule has 1 fully saturated rings. The summed E-state index contributed by atoms with van der Waals surface area (Å²) < 4.78 is 0. The Morgan fingerprint density at radius 2 is 1.79 bits per heavy atom. The van der Waals surface area contributed by atoms with Crippen LogP contribution in [0.1, 0.15) is 28.8 Å². The van der Waals surface area contributed by atoms with Crippen molar-refractivity contribution in [2.24, 2.45) is 0 Å². The fraction of sp³-hybridized carbons (Fsp3) is 0.263. The van der Waals surface area contributed by atoms with Gasteiger partial charge in [-0.2, -0.15) is 0 Å². The zero-order chi connectivity index (χ0) is 16.8. The van der Waals surface area contributed by atoms with Crippen LogP contribution in [0.2, 0.25) is 0 Å². The molecule has 3 rings (SSSR count). The van der Waals surface area contributed by atoms with E-state index in [1.54, 1.807) is 12.1 Å². The van der Waals surface area contributed by atoms with E-state index in [2.05, 4.69) is 10.6 Å². The third-order valence-electron chi connectivity index (χ3n) is 4.11. The summed E-state index contributed by atoms with van der Waals surface area (Å²) in [7, 11) is 0. The Balaban J connectivity index is 1.59. The first-order valence-electron chi connectivity index (χ1n) is 8.25. The molecule has 124 valence electrons. The standard InChI is InChI=1S/C19H22N4O/c20-19(23-11-4-5-12-23)22-17-10-6-9-16(13-17)18(24)21-14-15-7-2-1-3-8-15/h1-3,6-10,13H,4-5,11-12,14H2,(H2,20,22)(H,21,24). The maximum atomic E-state index is 12.3. The maximum Gasteiger partial charge on any atom is 0.251 e. The summed E-state index contributed by atoms with van der Waals surface area (Å²) >= 11 is 0. The van der Waals surface area contributed by atoms with Gasteiger partial charge in [0.1, 0.15) is 0 Å². The first-order valence-corrected chi connectivity index (χ1v) is 8.25. The normalized spacial score (nSPS) is 13.6. The average molecular weight is 322 g/mol. The molecular weight excluding hydrogens is 300 g/mol. The highest BCUT2D eigenvalue weighted by atomic mass is 16.1. The van der Waals surface area contributed by atoms with E-state index < -0.39 is 0 Å². The molecule has 0 aromatic heterocycles. The summed E-state index contributed by atoms with van der Waals surface area (Å²) in [5.74, 6) is 0.282. The van der Waals surface area contributed by atoms with Crippen molar-refractivity contribution in [3.63, 3.8) is 0 Å². The van der Waals surface area contributed by atoms with E-state index in [1.165, 1.54) is 0 Å². The van der Waals surface area contributed by atoms with Gasteiger partial charge in [-0.3, -0.25) is 10.2 Å². The van der Waals surface area contributed by atoms with Crippen LogP contribution in [0.3, 0.4) is 0 Å². The molecule has 0 spiro atoms. The van der Waals surface area contributed by atoms with Gasteiger partial charge >= 0.3 is 0 Å². The summed E-state index contributed by atoms with van der Waals surface area (Å²) in [6, 6.07) is 17.1. The Morgan fingerprint density at radius 1 is 1.04 bits per heavy atom. The van der Waals surface area contributed by atoms with Crippen molar-refractivity contribution in [2.45, 2.75) is 19.4 Å². The van der Waals surface area contributed by atoms with Crippen LogP contribution < -0.4 is 10.6 Å². The van der Waals surface area contributed by atoms with E-state index in [-0.39, 0.29) is 5.91 Å². The lowest BCUT2D eigenvalue weighted by molar-refractivity contribution is 0.0951. The van der Waals surface area contributed by atoms with Gasteiger partial charge in [0.2, 0.25) is 0 Å². The van der Waals surface area contributed by atoms with Crippen LogP contribution in [0.15, 0.2) is 54.6 Å². The number of rotatable bonds is 4. The lowest BCUT2D eigenvalue weighted by Crippen LogP contribution is -2.33. The van der Waals surface area contributed by atoms with Crippen LogP contribution in [0.25, 0.3) is 0 Å². The Morgan fingerprint density at radius 3 is 2.54 bits per heavy atom. The van der Waals surface area contributed by atoms with Crippen molar-refractivity contribution in [3.8, 4) is 0 Å². The van der Waals surface area contributed by atoms with Crippen LogP contribution in [-0.2, 0) is 6.54 Å². The Hall–Kier alpha value is -2.82. The molecule has 2 aromatic rings. The second kappa shape index (κ2) is 7.64. The summed E-state index contributed by atoms with van der Waals surface area (Å²) in [5.41, 5.74) is 2.42. The number of carbonyl (C=O) groups is 1. The summed E-state index contributed by atoms with van der Waals surface area (Å²) in [6.45, 7) is 2.34. The molecule has 0 bridgehead atoms. The monoisotopic (exact) mass is 322 g/mol. The van der Waals surface area contributed by atoms with Gasteiger partial charge in [-0.1, -0.05) is 36.4 Å². The summed E-state index contributed by atoms with van der Waals surface area (Å²) in [6.07, 6.45) is 2.26. The van der Waals surface area contributed by atoms with E-state index in [4.69, 9.17) is 5.41 Å². The highest BCUT2D eigenvalue weighted by Crippen LogP contribution is 2.14. The van der Waals surface area contributed by atoms with Gasteiger partial charge < -0.3 is 15.5 Å². The van der Waals surface area contributed by atoms with Crippen LogP contribution >= 0.6 is 0 Å². The second-order valence-corrected chi connectivity index (χ2v) is 5.92. The highest BCUT2D eigenvalue weighted by Gasteiger charge is 2.15. The van der Waals surface area contributed by atoms with Crippen molar-refractivity contribution in [2.75, 3.05) is 18.4 Å². The SMILES string of the molecule is N=C(Nc1cccc(C(=O)NCc2ccccc2)c1)N1CCCC1. The predicted molar refractivity (Wildman–Crippen MR) is 96.2 cm³/mol. The van der Waals surface area contributed by atoms with E-state index in [0.717, 1.165) is 37.2 Å². The van der Waals surface area contributed by atoms with Crippen LogP contribution in [-0.4, -0.2) is 29.9 Å². The first kappa shape index (κ1) is 16.1. The summed E-state index contributed by atoms with van der Waals surface area (Å²) in [5, 5.41) is 14.1. The molecular formula is C19H22N4O. The van der Waals surface area contributed by atoms with Crippen LogP contribution in [0, 0.1) is 5.41 Å². The molecule has 1 saturated heterocycles. The topological polar surface area (TPSA) is 68.2 Å². The largest absolute Gasteiger partial charge is 0.348 e. The first-order chi connectivity index (χ1) is 11.7. The third kappa shape index (κ3) is 4.13. The van der Waals surface area contributed by atoms with Crippen molar-refractivity contribution >= 4 is 17.6 Å². The molecule has 24 heavy (non-hydrogen) atoms. The maximum absolute atomic E-state index is 12.3. The minimum absolute atomic E-state index is 0.116. The van der Waals surface area contributed by atoms with E-state index in [1.807, 2.05) is 47.4 Å². The van der Waals surface area contributed by atoms with Gasteiger partial charge in [0.25, 0.3) is 5.91 Å². The van der Waals surface area contributed by atoms with Crippen LogP contribution in [0.5, 0.6) is 0 Å². The third-order valence-corrected chi connectivity index (χ3v) is 4.11. The predicted octanol–water partition coefficient (Wildman–Crippen LogP) is 3.06. The van der Waals surface area contributed by atoms with E-state index >= 15 is 0 Å². The van der Waals surface area contributed by atoms with Gasteiger partial charge in [0, 0.05) is 30.9 Å². The number of anilines is 1. The number of carbonyl (C=O) groups excluding carboxylic acids is 1. The fourth-order valence-corrected chi connectivity index (χ4v) is 2.77. The highest BCUT2D eigenvalue weighted by molar-refractivity contribution is 5.97. The lowest BCUT2D eigenvalue weighted by atomic mass is 10.1. The molecule has 1 aliphatic rings. The van der Waals surface area contributed by atoms with Crippen LogP contribution in [0.4, 0.5) is 5.69 Å². The molecule has 0 radical (unpaired) electrons. The number of guanidine groups is 1. The molecule has 3 N–H and O–H groups in total. The number of nitrogens with zero attached hydrogens (tertiary/aromatic N) is 1. The zero-order valence-corrected chi connectivity index (χ0v) is 13.6. The molecule has 2 aromatic carbocycles. The molecule has 1 heterocycles. The van der Waals surface area contributed by atoms with Gasteiger partial charge in [-0.15, -0.1) is 0 Å². The molecule has 0 aliphatic carbocycles. The smallest absolute Gasteiger partial charge is 0.251 e. The van der Waals surface area contributed by atoms with Gasteiger partial charge in [0.15, 0.2) is 5.96 Å². The number of hydrogen-bond acceptors (Lipinski definition) is 2. The van der Waals surface area contributed by atoms with E-state index in [9.17, 15) is 4.79 Å². The molecule has 1 amide bonds. The molecule has 0 atom stereocenters. The number of nitrogens with one attached hydrogen (secondary N) is 3. The van der Waals surface area contributed by atoms with Crippen molar-refractivity contribution in [1.82, 2.24) is 10.2 Å². The Kier molecular flexibility index (Phi) is 5.11. The Bertz CT molecular complexity index is 708. The molecule has 0 unspecified atom stereocenters. The second-order valence-electron chi connectivity index (χ2n) is 5.92. The lowest BCUT2D eigenvalue weighted by Gasteiger charge is -2.19. The van der Waals surface area contributed by atoms with Crippen molar-refractivity contribution in [1.29, 1.82) is 5.41 Å². The zero-order valence-electron chi connectivity index (χ0n) is 13.6. The van der Waals surface area contributed by atoms with Crippen molar-refractivity contribution < 1.29 is 4.79 Å². The van der Waals surface area contributed by atoms with Crippen molar-refractivity contribution in [3.05, 3.63) is 65.7 Å². The molecule has 0 saturated carbocycles. The van der Waals surface area contributed by atoms with Gasteiger partial charge in [0.05, 0.1) is 0 Å². The minimum Gasteiger partial charge on any atom is -0.348 e. The average Bonchev–Trinajstić information content (AvgIpc) is 3.15.